The van der Waals surface area contributed by atoms with E-state index in [4.69, 9.17) is 4.52 Å². The maximum Gasteiger partial charge on any atom is 0.225 e. The molecule has 3 rings (SSSR count). The summed E-state index contributed by atoms with van der Waals surface area (Å²) in [6, 6.07) is 12.5. The van der Waals surface area contributed by atoms with Crippen LogP contribution in [0.4, 0.5) is 0 Å². The van der Waals surface area contributed by atoms with E-state index in [0.29, 0.717) is 5.76 Å². The Labute approximate surface area is 164 Å². The van der Waals surface area contributed by atoms with Crippen LogP contribution >= 0.6 is 11.3 Å². The zero-order valence-corrected chi connectivity index (χ0v) is 16.9. The van der Waals surface area contributed by atoms with Crippen LogP contribution in [0.15, 0.2) is 46.3 Å². The molecule has 0 saturated carbocycles. The molecule has 1 atom stereocenters. The van der Waals surface area contributed by atoms with E-state index < -0.39 is 0 Å². The summed E-state index contributed by atoms with van der Waals surface area (Å²) in [5, 5.41) is 9.17. The van der Waals surface area contributed by atoms with E-state index in [1.54, 1.807) is 11.3 Å². The van der Waals surface area contributed by atoms with Gasteiger partial charge in [-0.1, -0.05) is 48.8 Å². The molecule has 5 heteroatoms. The minimum atomic E-state index is -0.141. The standard InChI is InChI=1S/C22H26N2O2S/c1-4-5-7-17-9-11-18(12-10-17)22(20-8-6-13-27-20)23-21(25)14-19-15(2)24-26-16(19)3/h6,8-13,22H,4-5,7,14H2,1-3H3,(H,23,25). The van der Waals surface area contributed by atoms with Crippen molar-refractivity contribution in [3.05, 3.63) is 74.8 Å². The van der Waals surface area contributed by atoms with Crippen LogP contribution in [0.5, 0.6) is 0 Å². The molecule has 2 aromatic heterocycles. The average molecular weight is 383 g/mol. The number of rotatable bonds is 8. The van der Waals surface area contributed by atoms with Gasteiger partial charge in [0.25, 0.3) is 0 Å². The van der Waals surface area contributed by atoms with Crippen molar-refractivity contribution in [1.82, 2.24) is 10.5 Å². The number of hydrogen-bond donors (Lipinski definition) is 1. The van der Waals surface area contributed by atoms with Crippen LogP contribution in [0.3, 0.4) is 0 Å². The smallest absolute Gasteiger partial charge is 0.225 e. The maximum atomic E-state index is 12.7. The van der Waals surface area contributed by atoms with Crippen LogP contribution < -0.4 is 5.32 Å². The van der Waals surface area contributed by atoms with Crippen molar-refractivity contribution in [1.29, 1.82) is 0 Å². The molecule has 27 heavy (non-hydrogen) atoms. The third-order valence-electron chi connectivity index (χ3n) is 4.78. The number of aryl methyl sites for hydroxylation is 3. The van der Waals surface area contributed by atoms with Gasteiger partial charge in [0, 0.05) is 10.4 Å². The number of aromatic nitrogens is 1. The van der Waals surface area contributed by atoms with Crippen LogP contribution in [-0.2, 0) is 17.6 Å². The van der Waals surface area contributed by atoms with Crippen molar-refractivity contribution in [2.75, 3.05) is 0 Å². The number of nitrogens with zero attached hydrogens (tertiary/aromatic N) is 1. The molecule has 0 radical (unpaired) electrons. The van der Waals surface area contributed by atoms with Crippen LogP contribution in [0.2, 0.25) is 0 Å². The lowest BCUT2D eigenvalue weighted by molar-refractivity contribution is -0.120. The summed E-state index contributed by atoms with van der Waals surface area (Å²) in [7, 11) is 0. The molecule has 0 fully saturated rings. The van der Waals surface area contributed by atoms with E-state index in [9.17, 15) is 4.79 Å². The van der Waals surface area contributed by atoms with Crippen molar-refractivity contribution >= 4 is 17.2 Å². The summed E-state index contributed by atoms with van der Waals surface area (Å²) in [5.74, 6) is 0.675. The van der Waals surface area contributed by atoms with Gasteiger partial charge in [-0.3, -0.25) is 4.79 Å². The highest BCUT2D eigenvalue weighted by molar-refractivity contribution is 7.10. The summed E-state index contributed by atoms with van der Waals surface area (Å²) in [6.07, 6.45) is 3.76. The number of unbranched alkanes of at least 4 members (excludes halogenated alkanes) is 1. The highest BCUT2D eigenvalue weighted by atomic mass is 32.1. The first-order valence-corrected chi connectivity index (χ1v) is 10.3. The Kier molecular flexibility index (Phi) is 6.45. The molecule has 4 nitrogen and oxygen atoms in total. The normalized spacial score (nSPS) is 12.1. The number of carbonyl (C=O) groups is 1. The highest BCUT2D eigenvalue weighted by Crippen LogP contribution is 2.27. The Morgan fingerprint density at radius 1 is 1.22 bits per heavy atom. The zero-order chi connectivity index (χ0) is 19.2. The number of amides is 1. The zero-order valence-electron chi connectivity index (χ0n) is 16.1. The van der Waals surface area contributed by atoms with Gasteiger partial charge in [0.2, 0.25) is 5.91 Å². The lowest BCUT2D eigenvalue weighted by Crippen LogP contribution is -2.30. The highest BCUT2D eigenvalue weighted by Gasteiger charge is 2.20. The topological polar surface area (TPSA) is 55.1 Å². The molecule has 2 heterocycles. The van der Waals surface area contributed by atoms with E-state index in [1.807, 2.05) is 25.3 Å². The van der Waals surface area contributed by atoms with Crippen molar-refractivity contribution < 1.29 is 9.32 Å². The molecule has 1 amide bonds. The van der Waals surface area contributed by atoms with E-state index in [0.717, 1.165) is 28.1 Å². The summed E-state index contributed by atoms with van der Waals surface area (Å²) < 4.78 is 5.18. The Bertz CT molecular complexity index is 847. The van der Waals surface area contributed by atoms with Gasteiger partial charge >= 0.3 is 0 Å². The summed E-state index contributed by atoms with van der Waals surface area (Å²) in [4.78, 5) is 13.9. The van der Waals surface area contributed by atoms with Gasteiger partial charge in [-0.25, -0.2) is 0 Å². The fourth-order valence-electron chi connectivity index (χ4n) is 3.16. The number of benzene rings is 1. The summed E-state index contributed by atoms with van der Waals surface area (Å²) in [5.41, 5.74) is 4.08. The first-order valence-electron chi connectivity index (χ1n) is 9.41. The molecule has 3 aromatic rings. The molecule has 0 aliphatic carbocycles. The van der Waals surface area contributed by atoms with Crippen LogP contribution in [0.1, 0.15) is 58.8 Å². The van der Waals surface area contributed by atoms with Gasteiger partial charge in [0.05, 0.1) is 18.2 Å². The maximum absolute atomic E-state index is 12.7. The third-order valence-corrected chi connectivity index (χ3v) is 5.72. The average Bonchev–Trinajstić information content (AvgIpc) is 3.31. The van der Waals surface area contributed by atoms with Crippen LogP contribution in [-0.4, -0.2) is 11.1 Å². The van der Waals surface area contributed by atoms with E-state index in [-0.39, 0.29) is 18.4 Å². The van der Waals surface area contributed by atoms with Crippen LogP contribution in [0.25, 0.3) is 0 Å². The minimum absolute atomic E-state index is 0.0298. The molecule has 1 unspecified atom stereocenters. The van der Waals surface area contributed by atoms with Gasteiger partial charge in [0.1, 0.15) is 5.76 Å². The van der Waals surface area contributed by atoms with Crippen molar-refractivity contribution in [3.63, 3.8) is 0 Å². The van der Waals surface area contributed by atoms with Gasteiger partial charge in [-0.15, -0.1) is 11.3 Å². The van der Waals surface area contributed by atoms with Gasteiger partial charge in [-0.2, -0.15) is 0 Å². The van der Waals surface area contributed by atoms with Gasteiger partial charge in [-0.05, 0) is 49.3 Å². The fraction of sp³-hybridized carbons (Fsp3) is 0.364. The second kappa shape index (κ2) is 9.00. The second-order valence-corrected chi connectivity index (χ2v) is 7.82. The molecule has 0 aliphatic rings. The molecular weight excluding hydrogens is 356 g/mol. The lowest BCUT2D eigenvalue weighted by Gasteiger charge is -2.18. The Balaban J connectivity index is 1.77. The number of hydrogen-bond acceptors (Lipinski definition) is 4. The predicted molar refractivity (Wildman–Crippen MR) is 109 cm³/mol. The Hall–Kier alpha value is -2.40. The fourth-order valence-corrected chi connectivity index (χ4v) is 3.96. The van der Waals surface area contributed by atoms with Gasteiger partial charge < -0.3 is 9.84 Å². The van der Waals surface area contributed by atoms with E-state index in [2.05, 4.69) is 47.7 Å². The molecule has 1 N–H and O–H groups in total. The monoisotopic (exact) mass is 382 g/mol. The summed E-state index contributed by atoms with van der Waals surface area (Å²) >= 11 is 1.65. The lowest BCUT2D eigenvalue weighted by atomic mass is 10.0. The van der Waals surface area contributed by atoms with E-state index >= 15 is 0 Å². The number of nitrogens with one attached hydrogen (secondary N) is 1. The molecular formula is C22H26N2O2S. The molecule has 0 saturated heterocycles. The largest absolute Gasteiger partial charge is 0.361 e. The third kappa shape index (κ3) is 4.86. The molecule has 0 aliphatic heterocycles. The number of thiophene rings is 1. The quantitative estimate of drug-likeness (QED) is 0.586. The molecule has 0 bridgehead atoms. The molecule has 0 spiro atoms. The summed E-state index contributed by atoms with van der Waals surface area (Å²) in [6.45, 7) is 5.91. The first kappa shape index (κ1) is 19.4. The second-order valence-electron chi connectivity index (χ2n) is 6.84. The Morgan fingerprint density at radius 2 is 2.00 bits per heavy atom. The van der Waals surface area contributed by atoms with E-state index in [1.165, 1.54) is 18.4 Å². The van der Waals surface area contributed by atoms with Crippen molar-refractivity contribution in [2.45, 2.75) is 52.5 Å². The SMILES string of the molecule is CCCCc1ccc(C(NC(=O)Cc2c(C)noc2C)c2cccs2)cc1. The molecule has 1 aromatic carbocycles. The molecule has 142 valence electrons. The van der Waals surface area contributed by atoms with Gasteiger partial charge in [0.15, 0.2) is 0 Å². The first-order chi connectivity index (χ1) is 13.1. The minimum Gasteiger partial charge on any atom is -0.361 e. The van der Waals surface area contributed by atoms with Crippen molar-refractivity contribution in [3.8, 4) is 0 Å². The number of carbonyl (C=O) groups excluding carboxylic acids is 1. The van der Waals surface area contributed by atoms with Crippen molar-refractivity contribution in [2.24, 2.45) is 0 Å². The van der Waals surface area contributed by atoms with Crippen LogP contribution in [0, 0.1) is 13.8 Å². The Morgan fingerprint density at radius 3 is 2.59 bits per heavy atom. The predicted octanol–water partition coefficient (Wildman–Crippen LogP) is 5.14.